The van der Waals surface area contributed by atoms with E-state index in [0.717, 1.165) is 63.6 Å². The number of rotatable bonds is 5. The molecule has 24 heavy (non-hydrogen) atoms. The third-order valence-electron chi connectivity index (χ3n) is 5.01. The van der Waals surface area contributed by atoms with Crippen molar-refractivity contribution in [2.45, 2.75) is 31.4 Å². The van der Waals surface area contributed by atoms with Crippen LogP contribution in [0.1, 0.15) is 24.5 Å². The Hall–Kier alpha value is -2.06. The van der Waals surface area contributed by atoms with E-state index < -0.39 is 0 Å². The largest absolute Gasteiger partial charge is 0.393 e. The van der Waals surface area contributed by atoms with Crippen molar-refractivity contribution in [3.63, 3.8) is 0 Å². The lowest BCUT2D eigenvalue weighted by molar-refractivity contribution is 0.0732. The minimum atomic E-state index is -0.151. The fourth-order valence-corrected chi connectivity index (χ4v) is 3.38. The standard InChI is InChI=1S/C16H23N7O/c24-14-7-13(8-14)15-9-16(19-11-18-15)22-4-1-21(2-5-22)3-6-23-12-17-10-20-23/h9-14,24H,1-8H2. The molecule has 0 bridgehead atoms. The zero-order valence-electron chi connectivity index (χ0n) is 13.7. The molecule has 2 aromatic rings. The van der Waals surface area contributed by atoms with Crippen molar-refractivity contribution in [2.24, 2.45) is 0 Å². The molecule has 128 valence electrons. The van der Waals surface area contributed by atoms with Gasteiger partial charge in [0.15, 0.2) is 0 Å². The summed E-state index contributed by atoms with van der Waals surface area (Å²) in [6.07, 6.45) is 6.50. The van der Waals surface area contributed by atoms with Gasteiger partial charge < -0.3 is 10.0 Å². The zero-order chi connectivity index (χ0) is 16.4. The highest BCUT2D eigenvalue weighted by molar-refractivity contribution is 5.40. The minimum absolute atomic E-state index is 0.151. The molecule has 3 heterocycles. The summed E-state index contributed by atoms with van der Waals surface area (Å²) in [5.74, 6) is 1.41. The molecular weight excluding hydrogens is 306 g/mol. The molecule has 8 nitrogen and oxygen atoms in total. The van der Waals surface area contributed by atoms with Crippen LogP contribution in [0, 0.1) is 0 Å². The van der Waals surface area contributed by atoms with Gasteiger partial charge in [-0.1, -0.05) is 0 Å². The first-order chi connectivity index (χ1) is 11.8. The number of hydrogen-bond acceptors (Lipinski definition) is 7. The topological polar surface area (TPSA) is 83.2 Å². The molecule has 0 spiro atoms. The first kappa shape index (κ1) is 15.5. The van der Waals surface area contributed by atoms with E-state index in [2.05, 4.69) is 35.9 Å². The molecule has 2 fully saturated rings. The average Bonchev–Trinajstić information content (AvgIpc) is 3.11. The maximum Gasteiger partial charge on any atom is 0.137 e. The van der Waals surface area contributed by atoms with E-state index in [0.29, 0.717) is 5.92 Å². The fraction of sp³-hybridized carbons (Fsp3) is 0.625. The van der Waals surface area contributed by atoms with Gasteiger partial charge in [-0.3, -0.25) is 9.58 Å². The summed E-state index contributed by atoms with van der Waals surface area (Å²) >= 11 is 0. The smallest absolute Gasteiger partial charge is 0.137 e. The van der Waals surface area contributed by atoms with Crippen molar-refractivity contribution in [1.82, 2.24) is 29.6 Å². The van der Waals surface area contributed by atoms with Crippen LogP contribution >= 0.6 is 0 Å². The van der Waals surface area contributed by atoms with Crippen molar-refractivity contribution >= 4 is 5.82 Å². The van der Waals surface area contributed by atoms with Gasteiger partial charge in [-0.25, -0.2) is 15.0 Å². The maximum absolute atomic E-state index is 9.48. The van der Waals surface area contributed by atoms with Gasteiger partial charge in [0.05, 0.1) is 12.6 Å². The Bertz CT molecular complexity index is 648. The maximum atomic E-state index is 9.48. The first-order valence-electron chi connectivity index (χ1n) is 8.57. The Morgan fingerprint density at radius 1 is 1.04 bits per heavy atom. The van der Waals surface area contributed by atoms with Gasteiger partial charge in [0.1, 0.15) is 24.8 Å². The van der Waals surface area contributed by atoms with Crippen LogP contribution in [0.15, 0.2) is 25.0 Å². The molecule has 0 unspecified atom stereocenters. The predicted octanol–water partition coefficient (Wildman–Crippen LogP) is 0.129. The molecule has 8 heteroatoms. The van der Waals surface area contributed by atoms with Gasteiger partial charge in [0.2, 0.25) is 0 Å². The normalized spacial score (nSPS) is 24.8. The highest BCUT2D eigenvalue weighted by Crippen LogP contribution is 2.36. The minimum Gasteiger partial charge on any atom is -0.393 e. The molecule has 1 N–H and O–H groups in total. The summed E-state index contributed by atoms with van der Waals surface area (Å²) in [5, 5.41) is 13.6. The van der Waals surface area contributed by atoms with E-state index in [-0.39, 0.29) is 6.10 Å². The molecule has 2 aromatic heterocycles. The third kappa shape index (κ3) is 3.39. The lowest BCUT2D eigenvalue weighted by Gasteiger charge is -2.36. The van der Waals surface area contributed by atoms with E-state index >= 15 is 0 Å². The van der Waals surface area contributed by atoms with Crippen LogP contribution in [0.25, 0.3) is 0 Å². The molecule has 0 amide bonds. The van der Waals surface area contributed by atoms with Gasteiger partial charge in [0.25, 0.3) is 0 Å². The Morgan fingerprint density at radius 2 is 1.88 bits per heavy atom. The van der Waals surface area contributed by atoms with Crippen molar-refractivity contribution in [3.8, 4) is 0 Å². The number of hydrogen-bond donors (Lipinski definition) is 1. The second kappa shape index (κ2) is 6.82. The highest BCUT2D eigenvalue weighted by atomic mass is 16.3. The number of nitrogens with zero attached hydrogens (tertiary/aromatic N) is 7. The summed E-state index contributed by atoms with van der Waals surface area (Å²) in [6.45, 7) is 5.86. The molecule has 2 aliphatic rings. The van der Waals surface area contributed by atoms with Crippen LogP contribution in [0.2, 0.25) is 0 Å². The number of aliphatic hydroxyl groups is 1. The van der Waals surface area contributed by atoms with Crippen LogP contribution in [-0.4, -0.2) is 73.6 Å². The predicted molar refractivity (Wildman–Crippen MR) is 88.7 cm³/mol. The van der Waals surface area contributed by atoms with E-state index in [1.165, 1.54) is 0 Å². The molecule has 1 aliphatic carbocycles. The lowest BCUT2D eigenvalue weighted by atomic mass is 9.80. The molecule has 0 atom stereocenters. The fourth-order valence-electron chi connectivity index (χ4n) is 3.38. The number of anilines is 1. The monoisotopic (exact) mass is 329 g/mol. The van der Waals surface area contributed by atoms with Crippen LogP contribution in [0.3, 0.4) is 0 Å². The van der Waals surface area contributed by atoms with Gasteiger partial charge in [-0.2, -0.15) is 5.10 Å². The Labute approximate surface area is 141 Å². The third-order valence-corrected chi connectivity index (χ3v) is 5.01. The Kier molecular flexibility index (Phi) is 4.40. The van der Waals surface area contributed by atoms with Crippen molar-refractivity contribution in [1.29, 1.82) is 0 Å². The van der Waals surface area contributed by atoms with Crippen LogP contribution in [0.4, 0.5) is 5.82 Å². The van der Waals surface area contributed by atoms with Gasteiger partial charge in [-0.15, -0.1) is 0 Å². The number of aromatic nitrogens is 5. The van der Waals surface area contributed by atoms with Gasteiger partial charge >= 0.3 is 0 Å². The van der Waals surface area contributed by atoms with Crippen LogP contribution < -0.4 is 4.90 Å². The zero-order valence-corrected chi connectivity index (χ0v) is 13.7. The number of aliphatic hydroxyl groups excluding tert-OH is 1. The molecule has 1 saturated heterocycles. The van der Waals surface area contributed by atoms with Crippen LogP contribution in [-0.2, 0) is 6.54 Å². The van der Waals surface area contributed by atoms with Crippen LogP contribution in [0.5, 0.6) is 0 Å². The van der Waals surface area contributed by atoms with Crippen molar-refractivity contribution < 1.29 is 5.11 Å². The average molecular weight is 329 g/mol. The van der Waals surface area contributed by atoms with E-state index in [1.807, 2.05) is 4.68 Å². The highest BCUT2D eigenvalue weighted by Gasteiger charge is 2.30. The second-order valence-electron chi connectivity index (χ2n) is 6.61. The first-order valence-corrected chi connectivity index (χ1v) is 8.57. The summed E-state index contributed by atoms with van der Waals surface area (Å²) in [5.41, 5.74) is 1.07. The molecule has 0 aromatic carbocycles. The van der Waals surface area contributed by atoms with E-state index in [4.69, 9.17) is 0 Å². The quantitative estimate of drug-likeness (QED) is 0.835. The van der Waals surface area contributed by atoms with Crippen molar-refractivity contribution in [3.05, 3.63) is 30.7 Å². The number of piperazine rings is 1. The Balaban J connectivity index is 1.30. The summed E-state index contributed by atoms with van der Waals surface area (Å²) in [4.78, 5) is 17.6. The molecule has 1 saturated carbocycles. The SMILES string of the molecule is OC1CC(c2cc(N3CCN(CCn4cncn4)CC3)ncn2)C1. The van der Waals surface area contributed by atoms with Gasteiger partial charge in [0, 0.05) is 50.4 Å². The summed E-state index contributed by atoms with van der Waals surface area (Å²) in [6, 6.07) is 2.10. The van der Waals surface area contributed by atoms with E-state index in [9.17, 15) is 5.11 Å². The van der Waals surface area contributed by atoms with Gasteiger partial charge in [-0.05, 0) is 12.8 Å². The molecule has 0 radical (unpaired) electrons. The lowest BCUT2D eigenvalue weighted by Crippen LogP contribution is -2.47. The van der Waals surface area contributed by atoms with E-state index in [1.54, 1.807) is 19.0 Å². The summed E-state index contributed by atoms with van der Waals surface area (Å²) in [7, 11) is 0. The second-order valence-corrected chi connectivity index (χ2v) is 6.61. The van der Waals surface area contributed by atoms with Crippen molar-refractivity contribution in [2.75, 3.05) is 37.6 Å². The molecule has 1 aliphatic heterocycles. The Morgan fingerprint density at radius 3 is 2.58 bits per heavy atom. The molecule has 4 rings (SSSR count). The molecular formula is C16H23N7O. The summed E-state index contributed by atoms with van der Waals surface area (Å²) < 4.78 is 1.87.